The van der Waals surface area contributed by atoms with E-state index < -0.39 is 0 Å². The molecule has 0 N–H and O–H groups in total. The first-order valence-corrected chi connectivity index (χ1v) is 6.79. The van der Waals surface area contributed by atoms with Gasteiger partial charge in [0.1, 0.15) is 5.01 Å². The van der Waals surface area contributed by atoms with Crippen LogP contribution in [0.25, 0.3) is 0 Å². The molecule has 0 bridgehead atoms. The van der Waals surface area contributed by atoms with Gasteiger partial charge in [-0.15, -0.1) is 22.8 Å². The normalized spacial score (nSPS) is 10.5. The number of aromatic nitrogens is 2. The van der Waals surface area contributed by atoms with Crippen molar-refractivity contribution in [2.45, 2.75) is 43.4 Å². The molecule has 83 valence electrons. The van der Waals surface area contributed by atoms with Crippen LogP contribution in [0.4, 0.5) is 0 Å². The molecule has 1 aromatic rings. The molecule has 0 amide bonds. The van der Waals surface area contributed by atoms with Crippen LogP contribution < -0.4 is 0 Å². The van der Waals surface area contributed by atoms with E-state index in [1.54, 1.807) is 0 Å². The second-order valence-corrected chi connectivity index (χ2v) is 5.60. The monoisotopic (exact) mass is 259 g/mol. The summed E-state index contributed by atoms with van der Waals surface area (Å²) in [6.07, 6.45) is 7.90. The van der Waals surface area contributed by atoms with Crippen molar-refractivity contribution in [3.05, 3.63) is 11.4 Å². The average Bonchev–Trinajstić information content (AvgIpc) is 2.59. The number of thiol groups is 1. The Labute approximate surface area is 106 Å². The maximum atomic E-state index is 5.25. The van der Waals surface area contributed by atoms with Crippen LogP contribution >= 0.6 is 36.2 Å². The molecule has 5 heteroatoms. The van der Waals surface area contributed by atoms with Gasteiger partial charge < -0.3 is 0 Å². The number of hydrogen-bond acceptors (Lipinski definition) is 5. The van der Waals surface area contributed by atoms with Gasteiger partial charge in [0.05, 0.1) is 6.42 Å². The van der Waals surface area contributed by atoms with Crippen LogP contribution in [0, 0.1) is 6.42 Å². The molecule has 15 heavy (non-hydrogen) atoms. The van der Waals surface area contributed by atoms with Gasteiger partial charge >= 0.3 is 0 Å². The van der Waals surface area contributed by atoms with Crippen molar-refractivity contribution in [1.29, 1.82) is 0 Å². The molecule has 0 aliphatic carbocycles. The van der Waals surface area contributed by atoms with E-state index in [1.807, 2.05) is 6.42 Å². The lowest BCUT2D eigenvalue weighted by Crippen LogP contribution is -1.96. The van der Waals surface area contributed by atoms with Crippen LogP contribution in [0.2, 0.25) is 0 Å². The Balaban J connectivity index is 2.18. The Morgan fingerprint density at radius 1 is 1.40 bits per heavy atom. The van der Waals surface area contributed by atoms with Gasteiger partial charge in [0.15, 0.2) is 4.34 Å². The molecule has 2 nitrogen and oxygen atoms in total. The highest BCUT2D eigenvalue weighted by atomic mass is 32.2. The van der Waals surface area contributed by atoms with Crippen molar-refractivity contribution in [1.82, 2.24) is 10.2 Å². The van der Waals surface area contributed by atoms with E-state index in [0.717, 1.165) is 16.3 Å². The summed E-state index contributed by atoms with van der Waals surface area (Å²) in [5.41, 5.74) is 0. The van der Waals surface area contributed by atoms with Gasteiger partial charge in [-0.3, -0.25) is 0 Å². The van der Waals surface area contributed by atoms with Gasteiger partial charge in [0.25, 0.3) is 0 Å². The van der Waals surface area contributed by atoms with Crippen LogP contribution in [0.15, 0.2) is 4.34 Å². The standard InChI is InChI=1S/C10H15N2S3/c1-2-3-4-5-6-8(13)7-9-11-12-10(14)15-9/h7H,2-6H2,1H3,(H,12,14). The molecular weight excluding hydrogens is 244 g/mol. The molecule has 0 saturated carbocycles. The first kappa shape index (κ1) is 13.1. The molecule has 0 aliphatic heterocycles. The van der Waals surface area contributed by atoms with Crippen LogP contribution in [0.1, 0.15) is 44.0 Å². The van der Waals surface area contributed by atoms with Gasteiger partial charge in [-0.2, -0.15) is 0 Å². The Bertz CT molecular complexity index is 309. The lowest BCUT2D eigenvalue weighted by atomic mass is 10.1. The van der Waals surface area contributed by atoms with Gasteiger partial charge in [-0.1, -0.05) is 49.7 Å². The third-order valence-electron chi connectivity index (χ3n) is 1.99. The van der Waals surface area contributed by atoms with E-state index in [0.29, 0.717) is 4.34 Å². The molecule has 0 spiro atoms. The fourth-order valence-electron chi connectivity index (χ4n) is 1.22. The quantitative estimate of drug-likeness (QED) is 0.459. The topological polar surface area (TPSA) is 25.8 Å². The van der Waals surface area contributed by atoms with Gasteiger partial charge in [-0.05, 0) is 12.8 Å². The number of nitrogens with zero attached hydrogens (tertiary/aromatic N) is 2. The van der Waals surface area contributed by atoms with Crippen molar-refractivity contribution in [3.8, 4) is 0 Å². The predicted molar refractivity (Wildman–Crippen MR) is 71.9 cm³/mol. The molecule has 0 atom stereocenters. The van der Waals surface area contributed by atoms with Gasteiger partial charge in [0.2, 0.25) is 0 Å². The van der Waals surface area contributed by atoms with Crippen LogP contribution in [0.3, 0.4) is 0 Å². The summed E-state index contributed by atoms with van der Waals surface area (Å²) in [4.78, 5) is 0.968. The second kappa shape index (κ2) is 7.30. The van der Waals surface area contributed by atoms with Crippen molar-refractivity contribution in [3.63, 3.8) is 0 Å². The molecule has 1 rings (SSSR count). The Morgan fingerprint density at radius 2 is 2.20 bits per heavy atom. The van der Waals surface area contributed by atoms with Gasteiger partial charge in [0, 0.05) is 4.86 Å². The number of rotatable bonds is 7. The molecule has 1 heterocycles. The number of thiocarbonyl (C=S) groups is 1. The van der Waals surface area contributed by atoms with Crippen molar-refractivity contribution in [2.75, 3.05) is 0 Å². The summed E-state index contributed by atoms with van der Waals surface area (Å²) in [5.74, 6) is 0. The molecule has 0 aromatic carbocycles. The molecule has 1 aromatic heterocycles. The SMILES string of the molecule is CCCCCCC(=S)[CH]c1nnc(S)s1. The third-order valence-corrected chi connectivity index (χ3v) is 3.35. The Hall–Kier alpha value is -0.0000000000000000833. The van der Waals surface area contributed by atoms with E-state index in [4.69, 9.17) is 12.2 Å². The summed E-state index contributed by atoms with van der Waals surface area (Å²) in [5, 5.41) is 8.63. The third kappa shape index (κ3) is 5.58. The summed E-state index contributed by atoms with van der Waals surface area (Å²) in [6.45, 7) is 2.21. The van der Waals surface area contributed by atoms with Crippen LogP contribution in [-0.2, 0) is 0 Å². The predicted octanol–water partition coefficient (Wildman–Crippen LogP) is 3.72. The number of unbranched alkanes of at least 4 members (excludes halogenated alkanes) is 3. The first-order chi connectivity index (χ1) is 7.22. The molecular formula is C10H15N2S3. The Morgan fingerprint density at radius 3 is 2.80 bits per heavy atom. The summed E-state index contributed by atoms with van der Waals surface area (Å²) in [6, 6.07) is 0. The van der Waals surface area contributed by atoms with E-state index in [1.165, 1.54) is 37.0 Å². The lowest BCUT2D eigenvalue weighted by Gasteiger charge is -2.00. The minimum atomic E-state index is 0.690. The fourth-order valence-corrected chi connectivity index (χ4v) is 2.43. The van der Waals surface area contributed by atoms with Gasteiger partial charge in [-0.25, -0.2) is 0 Å². The first-order valence-electron chi connectivity index (χ1n) is 5.12. The lowest BCUT2D eigenvalue weighted by molar-refractivity contribution is 0.684. The smallest absolute Gasteiger partial charge is 0.142 e. The zero-order valence-electron chi connectivity index (χ0n) is 8.77. The summed E-state index contributed by atoms with van der Waals surface area (Å²) < 4.78 is 0.690. The molecule has 0 fully saturated rings. The highest BCUT2D eigenvalue weighted by Crippen LogP contribution is 2.16. The minimum Gasteiger partial charge on any atom is -0.142 e. The van der Waals surface area contributed by atoms with E-state index in [9.17, 15) is 0 Å². The van der Waals surface area contributed by atoms with Crippen molar-refractivity contribution >= 4 is 41.0 Å². The minimum absolute atomic E-state index is 0.690. The van der Waals surface area contributed by atoms with E-state index >= 15 is 0 Å². The zero-order valence-corrected chi connectivity index (χ0v) is 11.3. The summed E-state index contributed by atoms with van der Waals surface area (Å²) in [7, 11) is 0. The maximum Gasteiger partial charge on any atom is 0.171 e. The second-order valence-electron chi connectivity index (χ2n) is 3.34. The Kier molecular flexibility index (Phi) is 6.36. The zero-order chi connectivity index (χ0) is 11.1. The number of hydrogen-bond donors (Lipinski definition) is 1. The highest BCUT2D eigenvalue weighted by Gasteiger charge is 2.05. The molecule has 0 unspecified atom stereocenters. The van der Waals surface area contributed by atoms with Crippen LogP contribution in [0.5, 0.6) is 0 Å². The van der Waals surface area contributed by atoms with Crippen molar-refractivity contribution < 1.29 is 0 Å². The largest absolute Gasteiger partial charge is 0.171 e. The van der Waals surface area contributed by atoms with E-state index in [2.05, 4.69) is 29.7 Å². The van der Waals surface area contributed by atoms with Crippen LogP contribution in [-0.4, -0.2) is 15.1 Å². The molecule has 0 aliphatic rings. The average molecular weight is 259 g/mol. The summed E-state index contributed by atoms with van der Waals surface area (Å²) >= 11 is 10.8. The fraction of sp³-hybridized carbons (Fsp3) is 0.600. The van der Waals surface area contributed by atoms with E-state index in [-0.39, 0.29) is 0 Å². The highest BCUT2D eigenvalue weighted by molar-refractivity contribution is 7.82. The van der Waals surface area contributed by atoms with Crippen molar-refractivity contribution in [2.24, 2.45) is 0 Å². The molecule has 1 radical (unpaired) electrons. The molecule has 0 saturated heterocycles. The maximum absolute atomic E-state index is 5.25.